The van der Waals surface area contributed by atoms with Crippen LogP contribution < -0.4 is 10.2 Å². The van der Waals surface area contributed by atoms with Crippen LogP contribution in [-0.4, -0.2) is 41.5 Å². The van der Waals surface area contributed by atoms with Crippen molar-refractivity contribution < 1.29 is 0 Å². The van der Waals surface area contributed by atoms with Crippen molar-refractivity contribution in [1.29, 1.82) is 5.26 Å². The van der Waals surface area contributed by atoms with Gasteiger partial charge in [-0.2, -0.15) is 5.26 Å². The first-order valence-corrected chi connectivity index (χ1v) is 11.0. The van der Waals surface area contributed by atoms with Gasteiger partial charge in [-0.3, -0.25) is 0 Å². The number of anilines is 2. The highest BCUT2D eigenvalue weighted by molar-refractivity contribution is 7.22. The van der Waals surface area contributed by atoms with Crippen molar-refractivity contribution in [2.24, 2.45) is 10.9 Å². The van der Waals surface area contributed by atoms with E-state index in [0.717, 1.165) is 41.5 Å². The molecule has 1 fully saturated rings. The maximum Gasteiger partial charge on any atom is 0.214 e. The summed E-state index contributed by atoms with van der Waals surface area (Å²) in [5.41, 5.74) is 3.15. The number of para-hydroxylation sites is 2. The largest absolute Gasteiger partial charge is 0.344 e. The molecule has 1 aliphatic rings. The highest BCUT2D eigenvalue weighted by Crippen LogP contribution is 2.31. The topological polar surface area (TPSA) is 67.6 Å². The second-order valence-electron chi connectivity index (χ2n) is 7.89. The Morgan fingerprint density at radius 1 is 1.20 bits per heavy atom. The van der Waals surface area contributed by atoms with Gasteiger partial charge in [0.25, 0.3) is 0 Å². The summed E-state index contributed by atoms with van der Waals surface area (Å²) in [6.07, 6.45) is 1.98. The van der Waals surface area contributed by atoms with Gasteiger partial charge in [0.1, 0.15) is 0 Å². The number of thiazole rings is 1. The van der Waals surface area contributed by atoms with Crippen molar-refractivity contribution in [3.05, 3.63) is 54.1 Å². The fraction of sp³-hybridized carbons (Fsp3) is 0.348. The summed E-state index contributed by atoms with van der Waals surface area (Å²) in [5.74, 6) is 1.01. The van der Waals surface area contributed by atoms with E-state index in [4.69, 9.17) is 4.98 Å². The van der Waals surface area contributed by atoms with Gasteiger partial charge in [-0.05, 0) is 36.6 Å². The Labute approximate surface area is 181 Å². The van der Waals surface area contributed by atoms with E-state index < -0.39 is 0 Å². The molecule has 2 heterocycles. The number of aromatic nitrogens is 1. The third kappa shape index (κ3) is 4.10. The predicted octanol–water partition coefficient (Wildman–Crippen LogP) is 4.70. The van der Waals surface area contributed by atoms with E-state index in [0.29, 0.717) is 11.9 Å². The summed E-state index contributed by atoms with van der Waals surface area (Å²) < 4.78 is 1.21. The van der Waals surface area contributed by atoms with E-state index >= 15 is 0 Å². The molecule has 1 saturated heterocycles. The molecular formula is C23H26N6S. The first-order valence-electron chi connectivity index (χ1n) is 10.2. The minimum Gasteiger partial charge on any atom is -0.344 e. The van der Waals surface area contributed by atoms with Gasteiger partial charge in [0.15, 0.2) is 5.13 Å². The number of fused-ring (bicyclic) bond motifs is 1. The molecule has 30 heavy (non-hydrogen) atoms. The van der Waals surface area contributed by atoms with Crippen LogP contribution >= 0.6 is 11.3 Å². The molecule has 1 unspecified atom stereocenters. The second-order valence-corrected chi connectivity index (χ2v) is 8.90. The molecule has 7 heteroatoms. The summed E-state index contributed by atoms with van der Waals surface area (Å²) in [5, 5.41) is 13.8. The van der Waals surface area contributed by atoms with Crippen LogP contribution in [0.5, 0.6) is 0 Å². The summed E-state index contributed by atoms with van der Waals surface area (Å²) in [6, 6.07) is 16.6. The zero-order chi connectivity index (χ0) is 21.1. The molecule has 154 valence electrons. The Balaban J connectivity index is 1.58. The van der Waals surface area contributed by atoms with E-state index in [1.54, 1.807) is 11.3 Å². The Morgan fingerprint density at radius 2 is 1.97 bits per heavy atom. The minimum atomic E-state index is 0.217. The zero-order valence-electron chi connectivity index (χ0n) is 17.5. The lowest BCUT2D eigenvalue weighted by atomic mass is 10.00. The zero-order valence-corrected chi connectivity index (χ0v) is 18.4. The molecule has 0 saturated carbocycles. The van der Waals surface area contributed by atoms with Gasteiger partial charge in [0.2, 0.25) is 12.2 Å². The summed E-state index contributed by atoms with van der Waals surface area (Å²) >= 11 is 1.74. The number of aryl methyl sites for hydroxylation is 1. The van der Waals surface area contributed by atoms with Gasteiger partial charge < -0.3 is 15.1 Å². The van der Waals surface area contributed by atoms with Crippen LogP contribution in [0.4, 0.5) is 10.8 Å². The molecule has 0 spiro atoms. The van der Waals surface area contributed by atoms with Gasteiger partial charge in [0, 0.05) is 25.3 Å². The monoisotopic (exact) mass is 418 g/mol. The van der Waals surface area contributed by atoms with Gasteiger partial charge in [-0.25, -0.2) is 4.98 Å². The Morgan fingerprint density at radius 3 is 2.70 bits per heavy atom. The predicted molar refractivity (Wildman–Crippen MR) is 125 cm³/mol. The lowest BCUT2D eigenvalue weighted by Gasteiger charge is -2.44. The molecule has 0 bridgehead atoms. The number of nitrogens with zero attached hydrogens (tertiary/aromatic N) is 5. The molecule has 0 aliphatic carbocycles. The van der Waals surface area contributed by atoms with Crippen molar-refractivity contribution in [3.8, 4) is 6.19 Å². The van der Waals surface area contributed by atoms with Crippen molar-refractivity contribution in [2.75, 3.05) is 29.9 Å². The SMILES string of the molecule is Cc1ccccc1N/C(=N/C#N)N1CCN(c2nc3ccccc3s2)CC1C(C)C. The minimum absolute atomic E-state index is 0.217. The summed E-state index contributed by atoms with van der Waals surface area (Å²) in [6.45, 7) is 8.95. The fourth-order valence-corrected chi connectivity index (χ4v) is 4.86. The standard InChI is InChI=1S/C23H26N6S/c1-16(2)20-14-28(23-27-19-10-6-7-11-21(19)30-23)12-13-29(20)22(25-15-24)26-18-9-5-4-8-17(18)3/h4-11,16,20H,12-14H2,1-3H3,(H,25,26). The average molecular weight is 419 g/mol. The quantitative estimate of drug-likeness (QED) is 0.379. The third-order valence-electron chi connectivity index (χ3n) is 5.56. The number of guanidine groups is 1. The van der Waals surface area contributed by atoms with Crippen LogP contribution in [0.3, 0.4) is 0 Å². The van der Waals surface area contributed by atoms with Crippen LogP contribution in [0.2, 0.25) is 0 Å². The Hall–Kier alpha value is -3.11. The van der Waals surface area contributed by atoms with Crippen LogP contribution in [0, 0.1) is 24.3 Å². The van der Waals surface area contributed by atoms with E-state index in [1.807, 2.05) is 30.5 Å². The number of nitrogens with one attached hydrogen (secondary N) is 1. The molecule has 3 aromatic rings. The summed E-state index contributed by atoms with van der Waals surface area (Å²) in [4.78, 5) is 13.6. The van der Waals surface area contributed by atoms with Crippen molar-refractivity contribution >= 4 is 38.3 Å². The van der Waals surface area contributed by atoms with E-state index in [-0.39, 0.29) is 6.04 Å². The van der Waals surface area contributed by atoms with Gasteiger partial charge in [0.05, 0.1) is 16.3 Å². The Bertz CT molecular complexity index is 1060. The average Bonchev–Trinajstić information content (AvgIpc) is 3.19. The number of piperazine rings is 1. The van der Waals surface area contributed by atoms with E-state index in [2.05, 4.69) is 65.1 Å². The summed E-state index contributed by atoms with van der Waals surface area (Å²) in [7, 11) is 0. The van der Waals surface area contributed by atoms with Crippen LogP contribution in [-0.2, 0) is 0 Å². The molecule has 6 nitrogen and oxygen atoms in total. The smallest absolute Gasteiger partial charge is 0.214 e. The number of hydrogen-bond acceptors (Lipinski definition) is 5. The molecule has 2 aromatic carbocycles. The maximum atomic E-state index is 9.33. The molecule has 1 N–H and O–H groups in total. The van der Waals surface area contributed by atoms with Crippen molar-refractivity contribution in [2.45, 2.75) is 26.8 Å². The van der Waals surface area contributed by atoms with Gasteiger partial charge in [-0.15, -0.1) is 4.99 Å². The number of rotatable bonds is 3. The molecule has 1 aliphatic heterocycles. The van der Waals surface area contributed by atoms with Crippen molar-refractivity contribution in [1.82, 2.24) is 9.88 Å². The van der Waals surface area contributed by atoms with E-state index in [1.165, 1.54) is 4.70 Å². The lowest BCUT2D eigenvalue weighted by molar-refractivity contribution is 0.224. The number of nitriles is 1. The van der Waals surface area contributed by atoms with Crippen LogP contribution in [0.25, 0.3) is 10.2 Å². The Kier molecular flexibility index (Phi) is 5.86. The first kappa shape index (κ1) is 20.2. The van der Waals surface area contributed by atoms with Gasteiger partial charge in [-0.1, -0.05) is 55.5 Å². The van der Waals surface area contributed by atoms with Crippen LogP contribution in [0.1, 0.15) is 19.4 Å². The molecule has 0 amide bonds. The lowest BCUT2D eigenvalue weighted by Crippen LogP contribution is -2.58. The second kappa shape index (κ2) is 8.72. The number of aliphatic imine (C=N–C) groups is 1. The van der Waals surface area contributed by atoms with Gasteiger partial charge >= 0.3 is 0 Å². The molecule has 1 aromatic heterocycles. The van der Waals surface area contributed by atoms with Crippen LogP contribution in [0.15, 0.2) is 53.5 Å². The highest BCUT2D eigenvalue weighted by Gasteiger charge is 2.33. The maximum absolute atomic E-state index is 9.33. The number of hydrogen-bond donors (Lipinski definition) is 1. The molecule has 1 atom stereocenters. The normalized spacial score (nSPS) is 17.4. The number of benzene rings is 2. The highest BCUT2D eigenvalue weighted by atomic mass is 32.1. The fourth-order valence-electron chi connectivity index (χ4n) is 3.86. The van der Waals surface area contributed by atoms with E-state index in [9.17, 15) is 5.26 Å². The molecule has 0 radical (unpaired) electrons. The van der Waals surface area contributed by atoms with Crippen molar-refractivity contribution in [3.63, 3.8) is 0 Å². The molecular weight excluding hydrogens is 392 g/mol. The first-order chi connectivity index (χ1) is 14.6. The molecule has 4 rings (SSSR count). The third-order valence-corrected chi connectivity index (χ3v) is 6.66.